The third-order valence-corrected chi connectivity index (χ3v) is 4.41. The van der Waals surface area contributed by atoms with Crippen LogP contribution in [0.15, 0.2) is 12.4 Å². The summed E-state index contributed by atoms with van der Waals surface area (Å²) in [6.07, 6.45) is 3.88. The number of aryl methyl sites for hydroxylation is 4. The number of piperazine rings is 1. The molecule has 0 aliphatic carbocycles. The van der Waals surface area contributed by atoms with E-state index in [2.05, 4.69) is 21.3 Å². The predicted molar refractivity (Wildman–Crippen MR) is 87.1 cm³/mol. The van der Waals surface area contributed by atoms with E-state index in [0.29, 0.717) is 5.56 Å². The summed E-state index contributed by atoms with van der Waals surface area (Å²) in [6.45, 7) is 8.11. The first kappa shape index (κ1) is 15.7. The van der Waals surface area contributed by atoms with Crippen molar-refractivity contribution in [1.29, 1.82) is 0 Å². The molecule has 0 spiro atoms. The van der Waals surface area contributed by atoms with Crippen LogP contribution in [0.5, 0.6) is 0 Å². The van der Waals surface area contributed by atoms with Crippen molar-refractivity contribution < 1.29 is 4.79 Å². The monoisotopic (exact) mass is 316 g/mol. The Morgan fingerprint density at radius 3 is 2.13 bits per heavy atom. The summed E-state index contributed by atoms with van der Waals surface area (Å²) in [5.74, 6) is 0.0906. The smallest absolute Gasteiger partial charge is 0.257 e. The van der Waals surface area contributed by atoms with Gasteiger partial charge in [0.05, 0.1) is 17.0 Å². The van der Waals surface area contributed by atoms with Gasteiger partial charge in [0.1, 0.15) is 0 Å². The SMILES string of the molecule is Cc1nn(C)cc1CN1CCN(C(=O)c2cn(C)nc2C)CC1. The molecule has 1 amide bonds. The highest BCUT2D eigenvalue weighted by molar-refractivity contribution is 5.95. The first-order chi connectivity index (χ1) is 10.9. The normalized spacial score (nSPS) is 16.1. The molecule has 2 aromatic rings. The van der Waals surface area contributed by atoms with Crippen molar-refractivity contribution in [3.05, 3.63) is 34.9 Å². The maximum atomic E-state index is 12.6. The van der Waals surface area contributed by atoms with Crippen molar-refractivity contribution in [2.24, 2.45) is 14.1 Å². The van der Waals surface area contributed by atoms with E-state index in [-0.39, 0.29) is 5.91 Å². The van der Waals surface area contributed by atoms with Gasteiger partial charge in [-0.05, 0) is 13.8 Å². The fraction of sp³-hybridized carbons (Fsp3) is 0.562. The fourth-order valence-electron chi connectivity index (χ4n) is 3.13. The lowest BCUT2D eigenvalue weighted by Gasteiger charge is -2.34. The lowest BCUT2D eigenvalue weighted by atomic mass is 10.2. The first-order valence-electron chi connectivity index (χ1n) is 7.95. The first-order valence-corrected chi connectivity index (χ1v) is 7.95. The van der Waals surface area contributed by atoms with E-state index in [1.807, 2.05) is 43.7 Å². The summed E-state index contributed by atoms with van der Waals surface area (Å²) < 4.78 is 3.56. The van der Waals surface area contributed by atoms with Crippen LogP contribution in [0.3, 0.4) is 0 Å². The zero-order valence-corrected chi connectivity index (χ0v) is 14.3. The Morgan fingerprint density at radius 2 is 1.61 bits per heavy atom. The molecule has 1 fully saturated rings. The van der Waals surface area contributed by atoms with Gasteiger partial charge in [0.2, 0.25) is 0 Å². The second-order valence-corrected chi connectivity index (χ2v) is 6.28. The van der Waals surface area contributed by atoms with Gasteiger partial charge in [0.15, 0.2) is 0 Å². The lowest BCUT2D eigenvalue weighted by molar-refractivity contribution is 0.0627. The van der Waals surface area contributed by atoms with Crippen molar-refractivity contribution in [2.75, 3.05) is 26.2 Å². The quantitative estimate of drug-likeness (QED) is 0.837. The van der Waals surface area contributed by atoms with Crippen LogP contribution in [0, 0.1) is 13.8 Å². The largest absolute Gasteiger partial charge is 0.336 e. The number of hydrogen-bond acceptors (Lipinski definition) is 4. The molecule has 1 aliphatic heterocycles. The number of amides is 1. The molecule has 7 heteroatoms. The molecule has 0 N–H and O–H groups in total. The van der Waals surface area contributed by atoms with E-state index >= 15 is 0 Å². The molecule has 2 aromatic heterocycles. The van der Waals surface area contributed by atoms with Gasteiger partial charge in [0.25, 0.3) is 5.91 Å². The highest BCUT2D eigenvalue weighted by Gasteiger charge is 2.24. The van der Waals surface area contributed by atoms with E-state index in [1.165, 1.54) is 5.56 Å². The minimum Gasteiger partial charge on any atom is -0.336 e. The Morgan fingerprint density at radius 1 is 1.00 bits per heavy atom. The molecular weight excluding hydrogens is 292 g/mol. The van der Waals surface area contributed by atoms with Gasteiger partial charge < -0.3 is 4.90 Å². The Kier molecular flexibility index (Phi) is 4.21. The van der Waals surface area contributed by atoms with Crippen molar-refractivity contribution in [1.82, 2.24) is 29.4 Å². The molecule has 124 valence electrons. The van der Waals surface area contributed by atoms with Crippen molar-refractivity contribution in [2.45, 2.75) is 20.4 Å². The third kappa shape index (κ3) is 3.29. The topological polar surface area (TPSA) is 59.2 Å². The van der Waals surface area contributed by atoms with Crippen LogP contribution >= 0.6 is 0 Å². The molecular formula is C16H24N6O. The molecule has 3 rings (SSSR count). The van der Waals surface area contributed by atoms with Crippen molar-refractivity contribution in [3.8, 4) is 0 Å². The molecule has 3 heterocycles. The summed E-state index contributed by atoms with van der Waals surface area (Å²) in [5, 5.41) is 8.65. The minimum absolute atomic E-state index is 0.0906. The molecule has 0 atom stereocenters. The predicted octanol–water partition coefficient (Wildman–Crippen LogP) is 0.728. The Balaban J connectivity index is 1.59. The van der Waals surface area contributed by atoms with Crippen LogP contribution in [0.1, 0.15) is 27.3 Å². The van der Waals surface area contributed by atoms with Gasteiger partial charge in [-0.15, -0.1) is 0 Å². The molecule has 0 bridgehead atoms. The highest BCUT2D eigenvalue weighted by atomic mass is 16.2. The molecule has 1 aliphatic rings. The van der Waals surface area contributed by atoms with E-state index in [0.717, 1.165) is 44.1 Å². The number of carbonyl (C=O) groups is 1. The molecule has 23 heavy (non-hydrogen) atoms. The molecule has 7 nitrogen and oxygen atoms in total. The summed E-state index contributed by atoms with van der Waals surface area (Å²) in [4.78, 5) is 16.9. The van der Waals surface area contributed by atoms with Crippen LogP contribution in [-0.4, -0.2) is 61.4 Å². The number of rotatable bonds is 3. The zero-order chi connectivity index (χ0) is 16.6. The highest BCUT2D eigenvalue weighted by Crippen LogP contribution is 2.14. The second-order valence-electron chi connectivity index (χ2n) is 6.28. The zero-order valence-electron chi connectivity index (χ0n) is 14.3. The summed E-state index contributed by atoms with van der Waals surface area (Å²) in [7, 11) is 3.79. The van der Waals surface area contributed by atoms with Gasteiger partial charge in [0, 0.05) is 64.8 Å². The number of hydrogen-bond donors (Lipinski definition) is 0. The van der Waals surface area contributed by atoms with E-state index in [4.69, 9.17) is 0 Å². The summed E-state index contributed by atoms with van der Waals surface area (Å²) >= 11 is 0. The number of nitrogens with zero attached hydrogens (tertiary/aromatic N) is 6. The molecule has 0 unspecified atom stereocenters. The van der Waals surface area contributed by atoms with Crippen LogP contribution in [0.2, 0.25) is 0 Å². The van der Waals surface area contributed by atoms with Crippen molar-refractivity contribution >= 4 is 5.91 Å². The minimum atomic E-state index is 0.0906. The van der Waals surface area contributed by atoms with E-state index in [1.54, 1.807) is 4.68 Å². The standard InChI is InChI=1S/C16H24N6O/c1-12-14(9-19(3)17-12)10-21-5-7-22(8-6-21)16(23)15-11-20(4)18-13(15)2/h9,11H,5-8,10H2,1-4H3. The average Bonchev–Trinajstić information content (AvgIpc) is 3.00. The Labute approximate surface area is 136 Å². The van der Waals surface area contributed by atoms with Crippen LogP contribution in [0.4, 0.5) is 0 Å². The maximum absolute atomic E-state index is 12.6. The number of carbonyl (C=O) groups excluding carboxylic acids is 1. The summed E-state index contributed by atoms with van der Waals surface area (Å²) in [6, 6.07) is 0. The molecule has 0 radical (unpaired) electrons. The second kappa shape index (κ2) is 6.16. The fourth-order valence-corrected chi connectivity index (χ4v) is 3.13. The Bertz CT molecular complexity index is 708. The van der Waals surface area contributed by atoms with Gasteiger partial charge in [-0.25, -0.2) is 0 Å². The lowest BCUT2D eigenvalue weighted by Crippen LogP contribution is -2.48. The summed E-state index contributed by atoms with van der Waals surface area (Å²) in [5.41, 5.74) is 3.85. The van der Waals surface area contributed by atoms with E-state index in [9.17, 15) is 4.79 Å². The molecule has 0 saturated carbocycles. The van der Waals surface area contributed by atoms with Gasteiger partial charge in [-0.1, -0.05) is 0 Å². The van der Waals surface area contributed by atoms with E-state index < -0.39 is 0 Å². The molecule has 0 aromatic carbocycles. The van der Waals surface area contributed by atoms with Crippen LogP contribution in [0.25, 0.3) is 0 Å². The maximum Gasteiger partial charge on any atom is 0.257 e. The Hall–Kier alpha value is -2.15. The van der Waals surface area contributed by atoms with Gasteiger partial charge in [-0.3, -0.25) is 19.1 Å². The number of aromatic nitrogens is 4. The average molecular weight is 316 g/mol. The van der Waals surface area contributed by atoms with Crippen molar-refractivity contribution in [3.63, 3.8) is 0 Å². The van der Waals surface area contributed by atoms with Crippen LogP contribution < -0.4 is 0 Å². The van der Waals surface area contributed by atoms with Crippen LogP contribution in [-0.2, 0) is 20.6 Å². The molecule has 1 saturated heterocycles. The van der Waals surface area contributed by atoms with Gasteiger partial charge >= 0.3 is 0 Å². The third-order valence-electron chi connectivity index (χ3n) is 4.41. The van der Waals surface area contributed by atoms with Gasteiger partial charge in [-0.2, -0.15) is 10.2 Å².